The van der Waals surface area contributed by atoms with E-state index in [1.165, 1.54) is 205 Å². The van der Waals surface area contributed by atoms with Crippen molar-refractivity contribution in [1.82, 2.24) is 5.32 Å². The molecule has 0 saturated carbocycles. The smallest absolute Gasteiger partial charge is 0.222 e. The van der Waals surface area contributed by atoms with E-state index in [0.717, 1.165) is 25.7 Å². The van der Waals surface area contributed by atoms with Crippen LogP contribution >= 0.6 is 0 Å². The predicted octanol–water partition coefficient (Wildman–Crippen LogP) is 13.4. The molecule has 0 fully saturated rings. The van der Waals surface area contributed by atoms with E-state index in [2.05, 4.69) is 19.2 Å². The highest BCUT2D eigenvalue weighted by molar-refractivity contribution is 5.76. The zero-order valence-corrected chi connectivity index (χ0v) is 34.8. The molecule has 5 nitrogen and oxygen atoms in total. The van der Waals surface area contributed by atoms with Crippen molar-refractivity contribution in [1.29, 1.82) is 0 Å². The highest BCUT2D eigenvalue weighted by atomic mass is 16.3. The number of rotatable bonds is 43. The van der Waals surface area contributed by atoms with Crippen LogP contribution in [0.3, 0.4) is 0 Å². The van der Waals surface area contributed by atoms with E-state index in [1.54, 1.807) is 0 Å². The first-order valence-electron chi connectivity index (χ1n) is 23.3. The molecule has 0 rings (SSSR count). The topological polar surface area (TPSA) is 89.8 Å². The summed E-state index contributed by atoms with van der Waals surface area (Å²) >= 11 is 0. The van der Waals surface area contributed by atoms with Crippen LogP contribution in [-0.4, -0.2) is 46.1 Å². The van der Waals surface area contributed by atoms with E-state index in [-0.39, 0.29) is 18.9 Å². The average molecular weight is 724 g/mol. The fraction of sp³-hybridized carbons (Fsp3) is 0.978. The van der Waals surface area contributed by atoms with Gasteiger partial charge in [-0.15, -0.1) is 0 Å². The van der Waals surface area contributed by atoms with Crippen LogP contribution in [0.2, 0.25) is 0 Å². The van der Waals surface area contributed by atoms with Crippen molar-refractivity contribution in [3.8, 4) is 0 Å². The second kappa shape index (κ2) is 42.1. The Labute approximate surface area is 319 Å². The second-order valence-corrected chi connectivity index (χ2v) is 16.4. The van der Waals surface area contributed by atoms with Crippen molar-refractivity contribution >= 4 is 5.91 Å². The van der Waals surface area contributed by atoms with Crippen LogP contribution < -0.4 is 5.32 Å². The van der Waals surface area contributed by atoms with Crippen molar-refractivity contribution < 1.29 is 20.1 Å². The minimum absolute atomic E-state index is 0.0430. The summed E-state index contributed by atoms with van der Waals surface area (Å²) in [5.41, 5.74) is 0. The summed E-state index contributed by atoms with van der Waals surface area (Å²) in [5, 5.41) is 33.4. The maximum atomic E-state index is 12.5. The van der Waals surface area contributed by atoms with E-state index < -0.39 is 18.2 Å². The van der Waals surface area contributed by atoms with E-state index in [1.807, 2.05) is 0 Å². The number of amides is 1. The maximum absolute atomic E-state index is 12.5. The fourth-order valence-corrected chi connectivity index (χ4v) is 7.58. The van der Waals surface area contributed by atoms with E-state index in [0.29, 0.717) is 12.8 Å². The van der Waals surface area contributed by atoms with Gasteiger partial charge in [0.15, 0.2) is 0 Å². The molecular weight excluding hydrogens is 631 g/mol. The second-order valence-electron chi connectivity index (χ2n) is 16.4. The Hall–Kier alpha value is -0.650. The van der Waals surface area contributed by atoms with Crippen molar-refractivity contribution in [2.45, 2.75) is 283 Å². The zero-order chi connectivity index (χ0) is 37.3. The average Bonchev–Trinajstić information content (AvgIpc) is 3.12. The Morgan fingerprint density at radius 1 is 0.412 bits per heavy atom. The summed E-state index contributed by atoms with van der Waals surface area (Å²) in [7, 11) is 0. The van der Waals surface area contributed by atoms with E-state index >= 15 is 0 Å². The lowest BCUT2D eigenvalue weighted by atomic mass is 10.0. The molecule has 0 bridgehead atoms. The highest BCUT2D eigenvalue weighted by Gasteiger charge is 2.21. The summed E-state index contributed by atoms with van der Waals surface area (Å²) in [5.74, 6) is -0.277. The van der Waals surface area contributed by atoms with Crippen LogP contribution in [0.4, 0.5) is 0 Å². The predicted molar refractivity (Wildman–Crippen MR) is 222 cm³/mol. The zero-order valence-electron chi connectivity index (χ0n) is 34.8. The van der Waals surface area contributed by atoms with Gasteiger partial charge in [-0.2, -0.15) is 0 Å². The quantitative estimate of drug-likeness (QED) is 0.0472. The largest absolute Gasteiger partial charge is 0.394 e. The van der Waals surface area contributed by atoms with Crippen molar-refractivity contribution in [3.05, 3.63) is 0 Å². The highest BCUT2D eigenvalue weighted by Crippen LogP contribution is 2.17. The van der Waals surface area contributed by atoms with Gasteiger partial charge >= 0.3 is 0 Å². The molecule has 0 heterocycles. The van der Waals surface area contributed by atoms with Crippen LogP contribution in [0.25, 0.3) is 0 Å². The number of unbranched alkanes of at least 4 members (excludes halogenated alkanes) is 34. The third-order valence-corrected chi connectivity index (χ3v) is 11.2. The molecule has 0 aromatic rings. The summed E-state index contributed by atoms with van der Waals surface area (Å²) in [6.45, 7) is 4.29. The first-order valence-corrected chi connectivity index (χ1v) is 23.3. The molecule has 0 aromatic heterocycles. The fourth-order valence-electron chi connectivity index (χ4n) is 7.58. The molecule has 3 unspecified atom stereocenters. The van der Waals surface area contributed by atoms with Gasteiger partial charge in [0.2, 0.25) is 5.91 Å². The number of carbonyl (C=O) groups is 1. The van der Waals surface area contributed by atoms with Gasteiger partial charge in [0.25, 0.3) is 0 Å². The molecule has 0 aliphatic rings. The van der Waals surface area contributed by atoms with Gasteiger partial charge in [-0.05, 0) is 12.8 Å². The number of aliphatic hydroxyl groups is 3. The molecule has 0 aliphatic heterocycles. The minimum Gasteiger partial charge on any atom is -0.394 e. The molecule has 0 spiro atoms. The molecule has 0 saturated heterocycles. The molecule has 306 valence electrons. The van der Waals surface area contributed by atoms with Gasteiger partial charge in [-0.3, -0.25) is 4.79 Å². The van der Waals surface area contributed by atoms with Crippen molar-refractivity contribution in [2.24, 2.45) is 0 Å². The number of aliphatic hydroxyl groups excluding tert-OH is 3. The van der Waals surface area contributed by atoms with Crippen LogP contribution in [0, 0.1) is 0 Å². The minimum atomic E-state index is -0.743. The van der Waals surface area contributed by atoms with E-state index in [9.17, 15) is 20.1 Å². The lowest BCUT2D eigenvalue weighted by molar-refractivity contribution is -0.125. The summed E-state index contributed by atoms with van der Waals surface area (Å²) in [4.78, 5) is 12.5. The molecule has 3 atom stereocenters. The number of carbonyl (C=O) groups excluding carboxylic acids is 1. The molecule has 51 heavy (non-hydrogen) atoms. The first-order chi connectivity index (χ1) is 25.0. The van der Waals surface area contributed by atoms with Gasteiger partial charge in [0, 0.05) is 0 Å². The summed E-state index contributed by atoms with van der Waals surface area (Å²) in [6, 6.07) is -0.652. The van der Waals surface area contributed by atoms with Gasteiger partial charge in [0.05, 0.1) is 31.3 Å². The monoisotopic (exact) mass is 724 g/mol. The van der Waals surface area contributed by atoms with Gasteiger partial charge in [-0.1, -0.05) is 245 Å². The van der Waals surface area contributed by atoms with Gasteiger partial charge < -0.3 is 20.6 Å². The normalized spacial score (nSPS) is 13.4. The summed E-state index contributed by atoms with van der Waals surface area (Å²) < 4.78 is 0. The molecule has 1 amide bonds. The standard InChI is InChI=1S/C46H93NO4/c1-3-5-7-9-11-13-15-17-19-20-21-22-23-24-26-27-29-31-33-35-37-39-43(49)41-46(51)47-44(42-48)45(50)40-38-36-34-32-30-28-25-18-16-14-12-10-8-6-4-2/h43-45,48-50H,3-42H2,1-2H3,(H,47,51). The third-order valence-electron chi connectivity index (χ3n) is 11.2. The van der Waals surface area contributed by atoms with Gasteiger partial charge in [0.1, 0.15) is 0 Å². The molecule has 5 heteroatoms. The lowest BCUT2D eigenvalue weighted by Gasteiger charge is -2.23. The maximum Gasteiger partial charge on any atom is 0.222 e. The third kappa shape index (κ3) is 38.9. The van der Waals surface area contributed by atoms with Crippen LogP contribution in [0.5, 0.6) is 0 Å². The Morgan fingerprint density at radius 2 is 0.667 bits per heavy atom. The number of hydrogen-bond donors (Lipinski definition) is 4. The number of hydrogen-bond acceptors (Lipinski definition) is 4. The van der Waals surface area contributed by atoms with Crippen molar-refractivity contribution in [2.75, 3.05) is 6.61 Å². The Morgan fingerprint density at radius 3 is 0.941 bits per heavy atom. The molecule has 0 aliphatic carbocycles. The van der Waals surface area contributed by atoms with Crippen molar-refractivity contribution in [3.63, 3.8) is 0 Å². The van der Waals surface area contributed by atoms with E-state index in [4.69, 9.17) is 0 Å². The number of nitrogens with one attached hydrogen (secondary N) is 1. The first kappa shape index (κ1) is 50.4. The SMILES string of the molecule is CCCCCCCCCCCCCCCCCCCCCCCC(O)CC(=O)NC(CO)C(O)CCCCCCCCCCCCCCCCC. The Kier molecular flexibility index (Phi) is 41.6. The Bertz CT molecular complexity index is 674. The van der Waals surface area contributed by atoms with Crippen LogP contribution in [-0.2, 0) is 4.79 Å². The molecular formula is C46H93NO4. The van der Waals surface area contributed by atoms with Gasteiger partial charge in [-0.25, -0.2) is 0 Å². The summed E-state index contributed by atoms with van der Waals surface area (Å²) in [6.07, 6.45) is 47.9. The molecule has 4 N–H and O–H groups in total. The molecule has 0 aromatic carbocycles. The Balaban J connectivity index is 3.54. The van der Waals surface area contributed by atoms with Crippen LogP contribution in [0.1, 0.15) is 264 Å². The lowest BCUT2D eigenvalue weighted by Crippen LogP contribution is -2.46. The van der Waals surface area contributed by atoms with Crippen LogP contribution in [0.15, 0.2) is 0 Å². The molecule has 0 radical (unpaired) electrons.